The number of ether oxygens (including phenoxy) is 2. The van der Waals surface area contributed by atoms with Crippen LogP contribution in [0.2, 0.25) is 0 Å². The quantitative estimate of drug-likeness (QED) is 0.283. The van der Waals surface area contributed by atoms with Crippen molar-refractivity contribution in [3.05, 3.63) is 86.7 Å². The molecule has 0 amide bonds. The van der Waals surface area contributed by atoms with Crippen molar-refractivity contribution >= 4 is 23.1 Å². The molecule has 2 aromatic heterocycles. The van der Waals surface area contributed by atoms with Crippen LogP contribution in [-0.2, 0) is 16.0 Å². The molecule has 4 rings (SSSR count). The molecule has 0 fully saturated rings. The van der Waals surface area contributed by atoms with Crippen molar-refractivity contribution in [2.75, 3.05) is 14.2 Å². The van der Waals surface area contributed by atoms with E-state index in [-0.39, 0.29) is 17.7 Å². The number of methoxy groups -OCH3 is 2. The van der Waals surface area contributed by atoms with Crippen molar-refractivity contribution in [1.29, 1.82) is 0 Å². The number of nitrogens with zero attached hydrogens (tertiary/aromatic N) is 2. The van der Waals surface area contributed by atoms with Gasteiger partial charge in [-0.05, 0) is 23.8 Å². The molecular weight excluding hydrogens is 440 g/mol. The Labute approximate surface area is 193 Å². The summed E-state index contributed by atoms with van der Waals surface area (Å²) in [6, 6.07) is 13.0. The van der Waals surface area contributed by atoms with Crippen LogP contribution >= 0.6 is 0 Å². The van der Waals surface area contributed by atoms with E-state index in [2.05, 4.69) is 15.0 Å². The number of aliphatic imine (C=N–C) groups is 1. The third kappa shape index (κ3) is 4.33. The molecule has 0 unspecified atom stereocenters. The smallest absolute Gasteiger partial charge is 0.335 e. The van der Waals surface area contributed by atoms with E-state index < -0.39 is 29.1 Å². The predicted molar refractivity (Wildman–Crippen MR) is 126 cm³/mol. The summed E-state index contributed by atoms with van der Waals surface area (Å²) in [5.74, 6) is -0.783. The molecule has 10 nitrogen and oxygen atoms in total. The third-order valence-corrected chi connectivity index (χ3v) is 5.38. The van der Waals surface area contributed by atoms with Crippen LogP contribution in [-0.4, -0.2) is 52.1 Å². The van der Waals surface area contributed by atoms with Crippen LogP contribution in [0.5, 0.6) is 11.6 Å². The van der Waals surface area contributed by atoms with Crippen molar-refractivity contribution in [1.82, 2.24) is 14.5 Å². The first-order chi connectivity index (χ1) is 16.4. The van der Waals surface area contributed by atoms with Crippen LogP contribution in [0, 0.1) is 0 Å². The lowest BCUT2D eigenvalue weighted by Crippen LogP contribution is -2.31. The lowest BCUT2D eigenvalue weighted by Gasteiger charge is -2.12. The van der Waals surface area contributed by atoms with Crippen LogP contribution in [0.3, 0.4) is 0 Å². The molecule has 10 heteroatoms. The molecule has 2 aromatic carbocycles. The van der Waals surface area contributed by atoms with Gasteiger partial charge in [0.1, 0.15) is 11.3 Å². The topological polar surface area (TPSA) is 139 Å². The number of carbonyl (C=O) groups is 1. The summed E-state index contributed by atoms with van der Waals surface area (Å²) in [5, 5.41) is 11.7. The van der Waals surface area contributed by atoms with E-state index in [1.807, 2.05) is 24.3 Å². The first kappa shape index (κ1) is 22.6. The number of aromatic amines is 2. The lowest BCUT2D eigenvalue weighted by atomic mass is 10.1. The second-order valence-corrected chi connectivity index (χ2v) is 7.41. The summed E-state index contributed by atoms with van der Waals surface area (Å²) in [7, 11) is 2.71. The molecule has 0 aliphatic rings. The maximum Gasteiger partial charge on any atom is 0.335 e. The Bertz CT molecular complexity index is 1500. The highest BCUT2D eigenvalue weighted by atomic mass is 16.5. The minimum Gasteiger partial charge on any atom is -0.497 e. The normalized spacial score (nSPS) is 12.2. The number of esters is 1. The van der Waals surface area contributed by atoms with Gasteiger partial charge in [-0.2, -0.15) is 0 Å². The minimum absolute atomic E-state index is 0.196. The fourth-order valence-corrected chi connectivity index (χ4v) is 3.65. The Kier molecular flexibility index (Phi) is 6.30. The molecular formula is C24H22N4O6. The van der Waals surface area contributed by atoms with E-state index in [0.29, 0.717) is 5.75 Å². The molecule has 4 aromatic rings. The zero-order valence-electron chi connectivity index (χ0n) is 18.4. The molecule has 1 atom stereocenters. The van der Waals surface area contributed by atoms with Crippen molar-refractivity contribution in [3.63, 3.8) is 0 Å². The number of aromatic hydroxyl groups is 1. The Hall–Kier alpha value is -4.60. The molecule has 3 N–H and O–H groups in total. The van der Waals surface area contributed by atoms with E-state index >= 15 is 0 Å². The van der Waals surface area contributed by atoms with Crippen LogP contribution in [0.4, 0.5) is 0 Å². The van der Waals surface area contributed by atoms with Gasteiger partial charge in [-0.15, -0.1) is 0 Å². The van der Waals surface area contributed by atoms with Crippen molar-refractivity contribution < 1.29 is 19.4 Å². The highest BCUT2D eigenvalue weighted by Crippen LogP contribution is 2.22. The van der Waals surface area contributed by atoms with E-state index in [0.717, 1.165) is 27.2 Å². The van der Waals surface area contributed by atoms with Gasteiger partial charge in [0, 0.05) is 35.8 Å². The Morgan fingerprint density at radius 2 is 1.97 bits per heavy atom. The number of H-pyrrole nitrogens is 2. The molecule has 0 saturated carbocycles. The summed E-state index contributed by atoms with van der Waals surface area (Å²) >= 11 is 0. The van der Waals surface area contributed by atoms with Gasteiger partial charge in [0.2, 0.25) is 5.88 Å². The van der Waals surface area contributed by atoms with Gasteiger partial charge >= 0.3 is 11.7 Å². The number of benzene rings is 2. The second-order valence-electron chi connectivity index (χ2n) is 7.41. The molecule has 34 heavy (non-hydrogen) atoms. The number of aromatic nitrogens is 3. The van der Waals surface area contributed by atoms with Crippen LogP contribution in [0.15, 0.2) is 69.3 Å². The average Bonchev–Trinajstić information content (AvgIpc) is 3.25. The standard InChI is InChI=1S/C24H22N4O6/c1-33-16-7-5-6-15(11-16)28-22(30)18(21(29)27-24(28)32)13-26-20(23(31)34-2)10-14-12-25-19-9-4-3-8-17(14)19/h3-9,11-13,20,25,30H,10H2,1-2H3,(H,27,29,32)/t20-/m0/s1. The minimum atomic E-state index is -0.986. The zero-order valence-corrected chi connectivity index (χ0v) is 18.4. The van der Waals surface area contributed by atoms with E-state index in [1.165, 1.54) is 20.3 Å². The van der Waals surface area contributed by atoms with Gasteiger partial charge in [0.25, 0.3) is 5.56 Å². The Balaban J connectivity index is 1.73. The summed E-state index contributed by atoms with van der Waals surface area (Å²) in [6.45, 7) is 0. The maximum atomic E-state index is 12.4. The van der Waals surface area contributed by atoms with Crippen molar-refractivity contribution in [2.24, 2.45) is 4.99 Å². The Morgan fingerprint density at radius 3 is 2.74 bits per heavy atom. The number of fused-ring (bicyclic) bond motifs is 1. The first-order valence-corrected chi connectivity index (χ1v) is 10.3. The van der Waals surface area contributed by atoms with Crippen LogP contribution < -0.4 is 16.0 Å². The lowest BCUT2D eigenvalue weighted by molar-refractivity contribution is -0.142. The van der Waals surface area contributed by atoms with Gasteiger partial charge in [-0.3, -0.25) is 14.8 Å². The maximum absolute atomic E-state index is 12.4. The molecule has 2 heterocycles. The second kappa shape index (κ2) is 9.49. The number of hydrogen-bond donors (Lipinski definition) is 3. The largest absolute Gasteiger partial charge is 0.497 e. The third-order valence-electron chi connectivity index (χ3n) is 5.38. The summed E-state index contributed by atoms with van der Waals surface area (Å²) in [4.78, 5) is 46.8. The monoisotopic (exact) mass is 462 g/mol. The van der Waals surface area contributed by atoms with Gasteiger partial charge in [-0.25, -0.2) is 14.2 Å². The summed E-state index contributed by atoms with van der Waals surface area (Å²) in [5.41, 5.74) is 0.0517. The average molecular weight is 462 g/mol. The summed E-state index contributed by atoms with van der Waals surface area (Å²) < 4.78 is 11.0. The number of hydrogen-bond acceptors (Lipinski definition) is 7. The SMILES string of the molecule is COC(=O)[C@H](Cc1c[nH]c2ccccc12)N=Cc1c(O)n(-c2cccc(OC)c2)c(=O)[nH]c1=O. The van der Waals surface area contributed by atoms with Gasteiger partial charge in [0.05, 0.1) is 19.9 Å². The van der Waals surface area contributed by atoms with E-state index in [4.69, 9.17) is 9.47 Å². The Morgan fingerprint density at radius 1 is 1.18 bits per heavy atom. The number of para-hydroxylation sites is 1. The molecule has 0 spiro atoms. The zero-order chi connectivity index (χ0) is 24.2. The van der Waals surface area contributed by atoms with Gasteiger partial charge < -0.3 is 19.6 Å². The highest BCUT2D eigenvalue weighted by molar-refractivity contribution is 5.87. The van der Waals surface area contributed by atoms with Crippen LogP contribution in [0.25, 0.3) is 16.6 Å². The molecule has 174 valence electrons. The van der Waals surface area contributed by atoms with Crippen molar-refractivity contribution in [2.45, 2.75) is 12.5 Å². The molecule has 0 saturated heterocycles. The predicted octanol–water partition coefficient (Wildman–Crippen LogP) is 1.92. The number of carbonyl (C=O) groups excluding carboxylic acids is 1. The molecule has 0 aliphatic heterocycles. The van der Waals surface area contributed by atoms with Gasteiger partial charge in [-0.1, -0.05) is 24.3 Å². The highest BCUT2D eigenvalue weighted by Gasteiger charge is 2.21. The molecule has 0 aliphatic carbocycles. The van der Waals surface area contributed by atoms with Crippen LogP contribution in [0.1, 0.15) is 11.1 Å². The van der Waals surface area contributed by atoms with E-state index in [9.17, 15) is 19.5 Å². The fourth-order valence-electron chi connectivity index (χ4n) is 3.65. The van der Waals surface area contributed by atoms with E-state index in [1.54, 1.807) is 24.4 Å². The summed E-state index contributed by atoms with van der Waals surface area (Å²) in [6.07, 6.45) is 3.05. The number of rotatable bonds is 7. The number of nitrogens with one attached hydrogen (secondary N) is 2. The first-order valence-electron chi connectivity index (χ1n) is 10.3. The molecule has 0 bridgehead atoms. The fraction of sp³-hybridized carbons (Fsp3) is 0.167. The van der Waals surface area contributed by atoms with Gasteiger partial charge in [0.15, 0.2) is 6.04 Å². The molecule has 0 radical (unpaired) electrons. The van der Waals surface area contributed by atoms with Crippen molar-refractivity contribution in [3.8, 4) is 17.3 Å².